The zero-order chi connectivity index (χ0) is 14.3. The maximum Gasteiger partial charge on any atom is 0.243 e. The molecule has 19 heavy (non-hydrogen) atoms. The van der Waals surface area contributed by atoms with Crippen molar-refractivity contribution >= 4 is 21.8 Å². The zero-order valence-electron chi connectivity index (χ0n) is 11.9. The van der Waals surface area contributed by atoms with Crippen molar-refractivity contribution in [3.63, 3.8) is 0 Å². The predicted molar refractivity (Wildman–Crippen MR) is 81.1 cm³/mol. The molecule has 0 bridgehead atoms. The Labute approximate surface area is 120 Å². The van der Waals surface area contributed by atoms with E-state index >= 15 is 0 Å². The van der Waals surface area contributed by atoms with Crippen LogP contribution in [0.25, 0.3) is 0 Å². The SMILES string of the molecule is Cc1ccc(S(=O)(=O)N2CCSC(C)(C)C2C)cc1. The minimum atomic E-state index is -3.38. The van der Waals surface area contributed by atoms with Crippen molar-refractivity contribution in [1.82, 2.24) is 4.31 Å². The van der Waals surface area contributed by atoms with Crippen molar-refractivity contribution in [2.45, 2.75) is 43.4 Å². The molecule has 0 N–H and O–H groups in total. The van der Waals surface area contributed by atoms with E-state index in [0.29, 0.717) is 11.4 Å². The second-order valence-corrected chi connectivity index (χ2v) is 9.20. The van der Waals surface area contributed by atoms with Crippen molar-refractivity contribution in [2.24, 2.45) is 0 Å². The summed E-state index contributed by atoms with van der Waals surface area (Å²) in [6.07, 6.45) is 0. The van der Waals surface area contributed by atoms with Crippen LogP contribution in [0.4, 0.5) is 0 Å². The molecule has 2 rings (SSSR count). The van der Waals surface area contributed by atoms with E-state index in [2.05, 4.69) is 13.8 Å². The summed E-state index contributed by atoms with van der Waals surface area (Å²) in [7, 11) is -3.38. The summed E-state index contributed by atoms with van der Waals surface area (Å²) in [5, 5.41) is 0. The van der Waals surface area contributed by atoms with Crippen molar-refractivity contribution in [2.75, 3.05) is 12.3 Å². The van der Waals surface area contributed by atoms with Crippen LogP contribution in [0.5, 0.6) is 0 Å². The van der Waals surface area contributed by atoms with Crippen LogP contribution in [0.3, 0.4) is 0 Å². The first kappa shape index (κ1) is 14.9. The van der Waals surface area contributed by atoms with Crippen LogP contribution < -0.4 is 0 Å². The maximum atomic E-state index is 12.7. The second kappa shape index (κ2) is 5.11. The van der Waals surface area contributed by atoms with Gasteiger partial charge in [0.2, 0.25) is 10.0 Å². The smallest absolute Gasteiger partial charge is 0.207 e. The maximum absolute atomic E-state index is 12.7. The third kappa shape index (κ3) is 2.83. The molecule has 1 saturated heterocycles. The van der Waals surface area contributed by atoms with Crippen LogP contribution in [0, 0.1) is 6.92 Å². The lowest BCUT2D eigenvalue weighted by atomic mass is 10.1. The molecule has 1 unspecified atom stereocenters. The monoisotopic (exact) mass is 299 g/mol. The van der Waals surface area contributed by atoms with E-state index in [4.69, 9.17) is 0 Å². The Balaban J connectivity index is 2.36. The van der Waals surface area contributed by atoms with Gasteiger partial charge in [0, 0.05) is 23.1 Å². The van der Waals surface area contributed by atoms with Gasteiger partial charge in [-0.15, -0.1) is 0 Å². The van der Waals surface area contributed by atoms with Crippen LogP contribution in [0.2, 0.25) is 0 Å². The van der Waals surface area contributed by atoms with E-state index in [1.165, 1.54) is 0 Å². The molecule has 1 fully saturated rings. The number of sulfonamides is 1. The molecular weight excluding hydrogens is 278 g/mol. The van der Waals surface area contributed by atoms with Gasteiger partial charge in [-0.2, -0.15) is 16.1 Å². The molecule has 3 nitrogen and oxygen atoms in total. The fraction of sp³-hybridized carbons (Fsp3) is 0.571. The van der Waals surface area contributed by atoms with Crippen LogP contribution in [-0.2, 0) is 10.0 Å². The lowest BCUT2D eigenvalue weighted by Gasteiger charge is -2.43. The summed E-state index contributed by atoms with van der Waals surface area (Å²) in [4.78, 5) is 0.396. The molecule has 1 atom stereocenters. The summed E-state index contributed by atoms with van der Waals surface area (Å²) < 4.78 is 27.0. The Morgan fingerprint density at radius 1 is 1.26 bits per heavy atom. The first-order valence-electron chi connectivity index (χ1n) is 6.47. The number of hydrogen-bond donors (Lipinski definition) is 0. The molecule has 0 aromatic heterocycles. The third-order valence-electron chi connectivity index (χ3n) is 3.85. The quantitative estimate of drug-likeness (QED) is 0.842. The first-order valence-corrected chi connectivity index (χ1v) is 8.90. The Morgan fingerprint density at radius 3 is 2.42 bits per heavy atom. The lowest BCUT2D eigenvalue weighted by molar-refractivity contribution is 0.296. The molecule has 1 aliphatic rings. The van der Waals surface area contributed by atoms with Gasteiger partial charge in [-0.1, -0.05) is 17.7 Å². The average molecular weight is 299 g/mol. The van der Waals surface area contributed by atoms with E-state index in [0.717, 1.165) is 11.3 Å². The van der Waals surface area contributed by atoms with Crippen LogP contribution >= 0.6 is 11.8 Å². The number of nitrogens with zero attached hydrogens (tertiary/aromatic N) is 1. The van der Waals surface area contributed by atoms with Crippen LogP contribution in [0.15, 0.2) is 29.2 Å². The van der Waals surface area contributed by atoms with Gasteiger partial charge in [0.1, 0.15) is 0 Å². The molecule has 1 aliphatic heterocycles. The molecule has 106 valence electrons. The Kier molecular flexibility index (Phi) is 4.00. The highest BCUT2D eigenvalue weighted by Crippen LogP contribution is 2.37. The summed E-state index contributed by atoms with van der Waals surface area (Å²) in [6, 6.07) is 7.10. The number of hydrogen-bond acceptors (Lipinski definition) is 3. The van der Waals surface area contributed by atoms with E-state index in [1.54, 1.807) is 16.4 Å². The topological polar surface area (TPSA) is 37.4 Å². The highest BCUT2D eigenvalue weighted by molar-refractivity contribution is 8.00. The van der Waals surface area contributed by atoms with Gasteiger partial charge < -0.3 is 0 Å². The Morgan fingerprint density at radius 2 is 1.84 bits per heavy atom. The highest BCUT2D eigenvalue weighted by Gasteiger charge is 2.41. The number of benzene rings is 1. The molecule has 0 saturated carbocycles. The molecule has 0 spiro atoms. The summed E-state index contributed by atoms with van der Waals surface area (Å²) in [5.74, 6) is 0.850. The first-order chi connectivity index (χ1) is 8.75. The van der Waals surface area contributed by atoms with Gasteiger partial charge in [0.25, 0.3) is 0 Å². The predicted octanol–water partition coefficient (Wildman–Crippen LogP) is 2.90. The van der Waals surface area contributed by atoms with Crippen molar-refractivity contribution in [3.8, 4) is 0 Å². The Bertz CT molecular complexity index is 549. The molecule has 1 aromatic rings. The fourth-order valence-corrected chi connectivity index (χ4v) is 5.36. The number of rotatable bonds is 2. The van der Waals surface area contributed by atoms with E-state index in [-0.39, 0.29) is 10.8 Å². The summed E-state index contributed by atoms with van der Waals surface area (Å²) >= 11 is 1.84. The number of thioether (sulfide) groups is 1. The van der Waals surface area contributed by atoms with Crippen molar-refractivity contribution in [1.29, 1.82) is 0 Å². The molecule has 1 aromatic carbocycles. The zero-order valence-corrected chi connectivity index (χ0v) is 13.5. The Hall–Kier alpha value is -0.520. The summed E-state index contributed by atoms with van der Waals surface area (Å²) in [6.45, 7) is 8.77. The molecule has 0 amide bonds. The van der Waals surface area contributed by atoms with Crippen LogP contribution in [0.1, 0.15) is 26.3 Å². The summed E-state index contributed by atoms with van der Waals surface area (Å²) in [5.41, 5.74) is 1.07. The van der Waals surface area contributed by atoms with Gasteiger partial charge >= 0.3 is 0 Å². The lowest BCUT2D eigenvalue weighted by Crippen LogP contribution is -2.53. The molecule has 0 aliphatic carbocycles. The third-order valence-corrected chi connectivity index (χ3v) is 7.31. The molecule has 5 heteroatoms. The largest absolute Gasteiger partial charge is 0.243 e. The van der Waals surface area contributed by atoms with Gasteiger partial charge in [0.05, 0.1) is 4.90 Å². The highest BCUT2D eigenvalue weighted by atomic mass is 32.2. The minimum absolute atomic E-state index is 0.00227. The molecular formula is C14H21NO2S2. The minimum Gasteiger partial charge on any atom is -0.207 e. The van der Waals surface area contributed by atoms with Crippen molar-refractivity contribution < 1.29 is 8.42 Å². The fourth-order valence-electron chi connectivity index (χ4n) is 2.23. The standard InChI is InChI=1S/C14H21NO2S2/c1-11-5-7-13(8-6-11)19(16,17)15-9-10-18-14(3,4)12(15)2/h5-8,12H,9-10H2,1-4H3. The van der Waals surface area contributed by atoms with Gasteiger partial charge in [0.15, 0.2) is 0 Å². The molecule has 0 radical (unpaired) electrons. The van der Waals surface area contributed by atoms with Gasteiger partial charge in [-0.25, -0.2) is 8.42 Å². The van der Waals surface area contributed by atoms with Crippen LogP contribution in [-0.4, -0.2) is 35.8 Å². The van der Waals surface area contributed by atoms with Gasteiger partial charge in [-0.05, 0) is 39.8 Å². The van der Waals surface area contributed by atoms with Crippen molar-refractivity contribution in [3.05, 3.63) is 29.8 Å². The molecule has 1 heterocycles. The van der Waals surface area contributed by atoms with E-state index in [9.17, 15) is 8.42 Å². The normalized spacial score (nSPS) is 24.3. The second-order valence-electron chi connectivity index (χ2n) is 5.56. The van der Waals surface area contributed by atoms with Gasteiger partial charge in [-0.3, -0.25) is 0 Å². The average Bonchev–Trinajstić information content (AvgIpc) is 2.33. The van der Waals surface area contributed by atoms with E-state index < -0.39 is 10.0 Å². The van der Waals surface area contributed by atoms with E-state index in [1.807, 2.05) is 37.7 Å². The number of aryl methyl sites for hydroxylation is 1.